The first-order valence-electron chi connectivity index (χ1n) is 29.3. The Morgan fingerprint density at radius 3 is 1.53 bits per heavy atom. The van der Waals surface area contributed by atoms with Crippen LogP contribution in [-0.2, 0) is 43.1 Å². The van der Waals surface area contributed by atoms with Gasteiger partial charge in [0.1, 0.15) is 61.3 Å². The van der Waals surface area contributed by atoms with Crippen molar-refractivity contribution in [3.05, 3.63) is 122 Å². The van der Waals surface area contributed by atoms with Crippen LogP contribution in [0.25, 0.3) is 10.8 Å². The Morgan fingerprint density at radius 1 is 0.557 bits per heavy atom. The summed E-state index contributed by atoms with van der Waals surface area (Å²) in [6.45, 7) is 31.1. The molecule has 520 valence electrons. The molecular weight excluding hydrogens is 1410 g/mol. The summed E-state index contributed by atoms with van der Waals surface area (Å²) in [5.74, 6) is -0.00168. The van der Waals surface area contributed by atoms with Crippen molar-refractivity contribution < 1.29 is 80.4 Å². The first-order valence-corrected chi connectivity index (χ1v) is 35.0. The number of thiazole rings is 4. The highest BCUT2D eigenvalue weighted by Crippen LogP contribution is 2.39. The third-order valence-corrected chi connectivity index (χ3v) is 19.2. The predicted molar refractivity (Wildman–Crippen MR) is 365 cm³/mol. The molecule has 97 heavy (non-hydrogen) atoms. The van der Waals surface area contributed by atoms with E-state index in [1.165, 1.54) is 38.9 Å². The number of nitrogens with zero attached hydrogens (tertiary/aromatic N) is 11. The van der Waals surface area contributed by atoms with Crippen LogP contribution in [0.2, 0.25) is 0 Å². The van der Waals surface area contributed by atoms with Crippen LogP contribution in [0.4, 0.5) is 13.2 Å². The monoisotopic (exact) mass is 1480 g/mol. The van der Waals surface area contributed by atoms with Gasteiger partial charge in [-0.2, -0.15) is 18.3 Å². The third kappa shape index (κ3) is 22.4. The zero-order valence-corrected chi connectivity index (χ0v) is 60.3. The van der Waals surface area contributed by atoms with E-state index in [0.717, 1.165) is 97.4 Å². The minimum Gasteiger partial charge on any atom is -0.492 e. The lowest BCUT2D eigenvalue weighted by atomic mass is 10.1. The van der Waals surface area contributed by atoms with Crippen LogP contribution >= 0.6 is 79.4 Å². The SMILES string of the molecule is C=C1CC(c2sc(C)nc2CC)=NO1.CCOc1cc(C)sc1-c1n[nH]c(=O)o1.CCOc1cc(C)sc1C1=NN=NC1.CCOc1nc(C)sc1C(=O)O.CCOc1nc(C)sc1C1=NOC(=O)C1.CCc1nc(C)sc1C(=O)O.Cc1cc(C(F)(F)F)c(C2=NOC(=O)C2)s1. The Balaban J connectivity index is 0.000000179. The fourth-order valence-corrected chi connectivity index (χ4v) is 14.4. The number of allylic oxidation sites excluding steroid dienone is 1. The highest BCUT2D eigenvalue weighted by Gasteiger charge is 2.38. The number of carboxylic acid groups (broad SMARTS) is 2. The van der Waals surface area contributed by atoms with Gasteiger partial charge in [-0.1, -0.05) is 35.9 Å². The fourth-order valence-electron chi connectivity index (χ4n) is 8.22. The molecule has 12 rings (SSSR count). The number of hydrogen-bond acceptors (Lipinski definition) is 31. The molecule has 4 aliphatic rings. The normalized spacial score (nSPS) is 13.3. The predicted octanol–water partition coefficient (Wildman–Crippen LogP) is 14.6. The number of H-pyrrole nitrogens is 1. The molecule has 0 fully saturated rings. The molecule has 0 aliphatic carbocycles. The summed E-state index contributed by atoms with van der Waals surface area (Å²) in [4.78, 5) is 91.3. The molecule has 27 nitrogen and oxygen atoms in total. The lowest BCUT2D eigenvalue weighted by Gasteiger charge is -2.05. The lowest BCUT2D eigenvalue weighted by molar-refractivity contribution is -0.140. The van der Waals surface area contributed by atoms with E-state index >= 15 is 0 Å². The Hall–Kier alpha value is -8.75. The molecule has 8 aromatic rings. The molecule has 37 heteroatoms. The Morgan fingerprint density at radius 2 is 1.03 bits per heavy atom. The van der Waals surface area contributed by atoms with Gasteiger partial charge in [-0.05, 0) is 112 Å². The fraction of sp³-hybridized carbons (Fsp3) is 0.400. The molecule has 0 atom stereocenters. The number of nitrogens with one attached hydrogen (secondary N) is 1. The van der Waals surface area contributed by atoms with Crippen molar-refractivity contribution in [2.45, 2.75) is 128 Å². The highest BCUT2D eigenvalue weighted by atomic mass is 32.1. The van der Waals surface area contributed by atoms with Crippen LogP contribution < -0.4 is 24.7 Å². The maximum Gasteiger partial charge on any atom is 0.434 e. The van der Waals surface area contributed by atoms with Crippen molar-refractivity contribution in [2.75, 3.05) is 33.0 Å². The standard InChI is InChI=1S/C10H12N2OS.C9H6F3NO2S.C9H11N3OS.2C9H10N2O3S.C7H9NO3S.C7H9NO2S/c1-4-8-10(14-7(3)11-8)9-5-6(2)13-12-9;1-4-2-5(9(10,11)12)8(16-4)6-3-7(14)15-13-6;1-3-13-8-4-6(2)14-9(8)7-5-10-12-11-7;1-3-13-9-8(15-5(2)10-9)6-4-7(12)14-11-6;1-3-13-6-4-5(2)15-7(6)8-10-11-9(12)14-8;1-3-11-6-5(7(9)10)12-4(2)8-6;1-3-5-6(7(9)10)11-4(2)8-5/h2,4-5H2,1,3H3;2H,3H2,1H3;4H,3,5H2,1-2H3;3-4H2,1-2H3;4H,3H2,1-2H3,(H,11,12);3H2,1-2H3,(H,9,10);3H2,1-2H3,(H,9,10). The molecule has 0 unspecified atom stereocenters. The van der Waals surface area contributed by atoms with Crippen LogP contribution in [0.15, 0.2) is 70.7 Å². The van der Waals surface area contributed by atoms with Gasteiger partial charge in [-0.3, -0.25) is 0 Å². The second kappa shape index (κ2) is 36.6. The van der Waals surface area contributed by atoms with Crippen molar-refractivity contribution in [1.82, 2.24) is 30.1 Å². The number of thiophene rings is 3. The first kappa shape index (κ1) is 77.3. The lowest BCUT2D eigenvalue weighted by Crippen LogP contribution is -2.10. The summed E-state index contributed by atoms with van der Waals surface area (Å²) in [6, 6.07) is 4.98. The van der Waals surface area contributed by atoms with Gasteiger partial charge in [0.15, 0.2) is 4.88 Å². The number of aryl methyl sites for hydroxylation is 9. The summed E-state index contributed by atoms with van der Waals surface area (Å²) in [7, 11) is 0. The zero-order valence-electron chi connectivity index (χ0n) is 54.6. The van der Waals surface area contributed by atoms with Crippen LogP contribution in [0.1, 0.15) is 151 Å². The van der Waals surface area contributed by atoms with Crippen LogP contribution in [-0.4, -0.2) is 120 Å². The van der Waals surface area contributed by atoms with Gasteiger partial charge < -0.3 is 48.1 Å². The van der Waals surface area contributed by atoms with Crippen molar-refractivity contribution in [1.29, 1.82) is 0 Å². The second-order valence-corrected chi connectivity index (χ2v) is 28.1. The van der Waals surface area contributed by atoms with Gasteiger partial charge in [-0.25, -0.2) is 49.0 Å². The summed E-state index contributed by atoms with van der Waals surface area (Å²) >= 11 is 9.61. The van der Waals surface area contributed by atoms with Crippen LogP contribution in [0.3, 0.4) is 0 Å². The summed E-state index contributed by atoms with van der Waals surface area (Å²) in [6.07, 6.45) is -2.11. The van der Waals surface area contributed by atoms with Crippen molar-refractivity contribution in [2.24, 2.45) is 30.9 Å². The van der Waals surface area contributed by atoms with Gasteiger partial charge >= 0.3 is 35.8 Å². The summed E-state index contributed by atoms with van der Waals surface area (Å²) in [5.41, 5.74) is 3.59. The maximum atomic E-state index is 12.6. The molecule has 0 bridgehead atoms. The Labute approximate surface area is 581 Å². The number of aromatic amines is 1. The quantitative estimate of drug-likeness (QED) is 0.0713. The van der Waals surface area contributed by atoms with E-state index in [-0.39, 0.29) is 46.0 Å². The van der Waals surface area contributed by atoms with E-state index in [9.17, 15) is 37.1 Å². The molecule has 0 spiro atoms. The Kier molecular flexibility index (Phi) is 29.1. The minimum absolute atomic E-state index is 0.0316. The van der Waals surface area contributed by atoms with E-state index in [1.54, 1.807) is 43.4 Å². The largest absolute Gasteiger partial charge is 0.492 e. The van der Waals surface area contributed by atoms with Gasteiger partial charge in [-0.15, -0.1) is 89.6 Å². The van der Waals surface area contributed by atoms with Crippen LogP contribution in [0, 0.1) is 48.5 Å². The number of rotatable bonds is 17. The average molecular weight is 1480 g/mol. The van der Waals surface area contributed by atoms with E-state index in [4.69, 9.17) is 38.4 Å². The molecule has 0 aromatic carbocycles. The molecule has 0 amide bonds. The number of hydrogen-bond donors (Lipinski definition) is 3. The average Bonchev–Trinajstić information content (AvgIpc) is 1.71. The van der Waals surface area contributed by atoms with Crippen molar-refractivity contribution >= 4 is 126 Å². The highest BCUT2D eigenvalue weighted by molar-refractivity contribution is 7.16. The van der Waals surface area contributed by atoms with Gasteiger partial charge in [0.05, 0.1) is 97.3 Å². The number of aromatic carboxylic acids is 2. The smallest absolute Gasteiger partial charge is 0.434 e. The molecule has 0 saturated heterocycles. The molecule has 8 aromatic heterocycles. The molecule has 3 N–H and O–H groups in total. The van der Waals surface area contributed by atoms with E-state index in [2.05, 4.69) is 91.1 Å². The van der Waals surface area contributed by atoms with Crippen molar-refractivity contribution in [3.8, 4) is 34.0 Å². The van der Waals surface area contributed by atoms with Gasteiger partial charge in [0, 0.05) is 14.6 Å². The number of carbonyl (C=O) groups is 4. The summed E-state index contributed by atoms with van der Waals surface area (Å²) in [5, 5.41) is 49.3. The molecular formula is C60H67F3N12O15S7. The van der Waals surface area contributed by atoms with E-state index in [1.807, 2.05) is 67.5 Å². The molecule has 0 radical (unpaired) electrons. The molecule has 4 aliphatic heterocycles. The minimum atomic E-state index is -4.44. The summed E-state index contributed by atoms with van der Waals surface area (Å²) < 4.78 is 64.1. The topological polar surface area (TPSA) is 358 Å². The third-order valence-electron chi connectivity index (χ3n) is 12.0. The van der Waals surface area contributed by atoms with Gasteiger partial charge in [0.25, 0.3) is 5.89 Å². The zero-order chi connectivity index (χ0) is 71.3. The first-order chi connectivity index (χ1) is 46.1. The number of carboxylic acids is 2. The molecule has 0 saturated carbocycles. The Bertz CT molecular complexity index is 4290. The maximum absolute atomic E-state index is 12.6. The van der Waals surface area contributed by atoms with E-state index in [0.29, 0.717) is 89.4 Å². The van der Waals surface area contributed by atoms with Gasteiger partial charge in [0.2, 0.25) is 11.8 Å². The van der Waals surface area contributed by atoms with Crippen molar-refractivity contribution in [3.63, 3.8) is 0 Å². The number of alkyl halides is 3. The molecule has 12 heterocycles. The van der Waals surface area contributed by atoms with Crippen LogP contribution in [0.5, 0.6) is 23.3 Å². The number of carbonyl (C=O) groups excluding carboxylic acids is 2. The number of oxime groups is 3. The second-order valence-electron chi connectivity index (χ2n) is 19.6. The number of halogens is 3. The number of aromatic nitrogens is 6. The number of ether oxygens (including phenoxy) is 4. The van der Waals surface area contributed by atoms with E-state index < -0.39 is 35.4 Å².